The van der Waals surface area contributed by atoms with E-state index in [1.54, 1.807) is 0 Å². The van der Waals surface area contributed by atoms with Gasteiger partial charge in [-0.2, -0.15) is 0 Å². The van der Waals surface area contributed by atoms with E-state index in [2.05, 4.69) is 37.8 Å². The van der Waals surface area contributed by atoms with Crippen molar-refractivity contribution in [1.29, 1.82) is 0 Å². The first kappa shape index (κ1) is 9.18. The summed E-state index contributed by atoms with van der Waals surface area (Å²) < 4.78 is 0.481. The van der Waals surface area contributed by atoms with E-state index in [4.69, 9.17) is 0 Å². The van der Waals surface area contributed by atoms with Gasteiger partial charge in [-0.15, -0.1) is 11.8 Å². The summed E-state index contributed by atoms with van der Waals surface area (Å²) >= 11 is 2.08. The monoisotopic (exact) mass is 170 g/mol. The lowest BCUT2D eigenvalue weighted by Crippen LogP contribution is -2.13. The van der Waals surface area contributed by atoms with Crippen molar-refractivity contribution >= 4 is 11.8 Å². The van der Waals surface area contributed by atoms with Gasteiger partial charge in [0.1, 0.15) is 0 Å². The summed E-state index contributed by atoms with van der Waals surface area (Å²) in [6.07, 6.45) is 10.2. The quantitative estimate of drug-likeness (QED) is 0.458. The van der Waals surface area contributed by atoms with Crippen LogP contribution < -0.4 is 0 Å². The van der Waals surface area contributed by atoms with E-state index < -0.39 is 0 Å². The molecule has 1 rings (SSSR count). The molecule has 1 atom stereocenters. The third-order valence-corrected chi connectivity index (χ3v) is 3.62. The van der Waals surface area contributed by atoms with Gasteiger partial charge in [0.25, 0.3) is 0 Å². The van der Waals surface area contributed by atoms with Crippen LogP contribution in [0.25, 0.3) is 0 Å². The molecule has 64 valence electrons. The highest BCUT2D eigenvalue weighted by Gasteiger charge is 2.23. The normalized spacial score (nSPS) is 29.6. The molecule has 0 amide bonds. The van der Waals surface area contributed by atoms with Crippen molar-refractivity contribution in [2.24, 2.45) is 0 Å². The van der Waals surface area contributed by atoms with Gasteiger partial charge in [-0.3, -0.25) is 0 Å². The SMILES string of the molecule is CCCCCC1(C)C=CCS1. The minimum atomic E-state index is 0.481. The molecule has 0 aromatic carbocycles. The average Bonchev–Trinajstić information content (AvgIpc) is 2.38. The van der Waals surface area contributed by atoms with E-state index in [9.17, 15) is 0 Å². The molecule has 1 heteroatoms. The van der Waals surface area contributed by atoms with Gasteiger partial charge in [-0.25, -0.2) is 0 Å². The Labute approximate surface area is 74.5 Å². The second-order valence-electron chi connectivity index (χ2n) is 3.48. The van der Waals surface area contributed by atoms with Crippen molar-refractivity contribution < 1.29 is 0 Å². The molecule has 1 heterocycles. The molecule has 0 radical (unpaired) electrons. The molecule has 0 spiro atoms. The van der Waals surface area contributed by atoms with Gasteiger partial charge in [0.05, 0.1) is 0 Å². The van der Waals surface area contributed by atoms with Gasteiger partial charge in [-0.1, -0.05) is 38.3 Å². The molecular formula is C10H18S. The summed E-state index contributed by atoms with van der Waals surface area (Å²) in [6, 6.07) is 0. The number of hydrogen-bond donors (Lipinski definition) is 0. The van der Waals surface area contributed by atoms with Crippen LogP contribution in [0.1, 0.15) is 39.5 Å². The van der Waals surface area contributed by atoms with Crippen LogP contribution in [0.5, 0.6) is 0 Å². The van der Waals surface area contributed by atoms with Crippen LogP contribution >= 0.6 is 11.8 Å². The zero-order valence-electron chi connectivity index (χ0n) is 7.60. The maximum absolute atomic E-state index is 2.38. The van der Waals surface area contributed by atoms with E-state index >= 15 is 0 Å². The Balaban J connectivity index is 2.18. The van der Waals surface area contributed by atoms with E-state index in [1.165, 1.54) is 31.4 Å². The van der Waals surface area contributed by atoms with Crippen molar-refractivity contribution in [2.75, 3.05) is 5.75 Å². The predicted octanol–water partition coefficient (Wildman–Crippen LogP) is 3.63. The topological polar surface area (TPSA) is 0 Å². The second-order valence-corrected chi connectivity index (χ2v) is 5.04. The fourth-order valence-corrected chi connectivity index (χ4v) is 2.52. The van der Waals surface area contributed by atoms with Crippen molar-refractivity contribution in [3.05, 3.63) is 12.2 Å². The van der Waals surface area contributed by atoms with Crippen LogP contribution in [0, 0.1) is 0 Å². The van der Waals surface area contributed by atoms with Gasteiger partial charge in [0, 0.05) is 10.5 Å². The van der Waals surface area contributed by atoms with Crippen LogP contribution in [0.3, 0.4) is 0 Å². The zero-order valence-corrected chi connectivity index (χ0v) is 8.41. The largest absolute Gasteiger partial charge is 0.147 e. The van der Waals surface area contributed by atoms with Crippen molar-refractivity contribution in [1.82, 2.24) is 0 Å². The van der Waals surface area contributed by atoms with Crippen molar-refractivity contribution in [2.45, 2.75) is 44.3 Å². The lowest BCUT2D eigenvalue weighted by molar-refractivity contribution is 0.611. The Morgan fingerprint density at radius 2 is 2.27 bits per heavy atom. The molecular weight excluding hydrogens is 152 g/mol. The molecule has 0 aliphatic carbocycles. The molecule has 0 saturated carbocycles. The van der Waals surface area contributed by atoms with Crippen molar-refractivity contribution in [3.8, 4) is 0 Å². The lowest BCUT2D eigenvalue weighted by Gasteiger charge is -2.20. The zero-order chi connectivity index (χ0) is 8.16. The number of hydrogen-bond acceptors (Lipinski definition) is 1. The number of thioether (sulfide) groups is 1. The third-order valence-electron chi connectivity index (χ3n) is 2.26. The lowest BCUT2D eigenvalue weighted by atomic mass is 10.0. The van der Waals surface area contributed by atoms with Crippen LogP contribution in [-0.4, -0.2) is 10.5 Å². The summed E-state index contributed by atoms with van der Waals surface area (Å²) in [5, 5.41) is 0. The van der Waals surface area contributed by atoms with Crippen molar-refractivity contribution in [3.63, 3.8) is 0 Å². The molecule has 1 unspecified atom stereocenters. The average molecular weight is 170 g/mol. The van der Waals surface area contributed by atoms with Gasteiger partial charge in [0.15, 0.2) is 0 Å². The first-order valence-electron chi connectivity index (χ1n) is 4.58. The summed E-state index contributed by atoms with van der Waals surface area (Å²) in [5.41, 5.74) is 0. The molecule has 1 aliphatic heterocycles. The molecule has 0 aromatic heterocycles. The Hall–Kier alpha value is 0.0900. The van der Waals surface area contributed by atoms with E-state index in [1.807, 2.05) is 0 Å². The highest BCUT2D eigenvalue weighted by atomic mass is 32.2. The summed E-state index contributed by atoms with van der Waals surface area (Å²) in [7, 11) is 0. The predicted molar refractivity (Wildman–Crippen MR) is 54.1 cm³/mol. The standard InChI is InChI=1S/C10H18S/c1-3-4-5-7-10(2)8-6-9-11-10/h6,8H,3-5,7,9H2,1-2H3. The highest BCUT2D eigenvalue weighted by Crippen LogP contribution is 2.36. The van der Waals surface area contributed by atoms with Crippen LogP contribution in [-0.2, 0) is 0 Å². The molecule has 0 N–H and O–H groups in total. The minimum absolute atomic E-state index is 0.481. The summed E-state index contributed by atoms with van der Waals surface area (Å²) in [5.74, 6) is 1.22. The molecule has 1 aliphatic rings. The fourth-order valence-electron chi connectivity index (χ4n) is 1.47. The van der Waals surface area contributed by atoms with E-state index in [-0.39, 0.29) is 0 Å². The number of rotatable bonds is 4. The molecule has 0 bridgehead atoms. The molecule has 11 heavy (non-hydrogen) atoms. The Bertz CT molecular complexity index is 140. The van der Waals surface area contributed by atoms with Gasteiger partial charge >= 0.3 is 0 Å². The minimum Gasteiger partial charge on any atom is -0.147 e. The molecule has 0 saturated heterocycles. The van der Waals surface area contributed by atoms with E-state index in [0.717, 1.165) is 0 Å². The Kier molecular flexibility index (Phi) is 3.50. The Morgan fingerprint density at radius 1 is 1.45 bits per heavy atom. The summed E-state index contributed by atoms with van der Waals surface area (Å²) in [6.45, 7) is 4.62. The Morgan fingerprint density at radius 3 is 2.82 bits per heavy atom. The van der Waals surface area contributed by atoms with Gasteiger partial charge in [0.2, 0.25) is 0 Å². The maximum atomic E-state index is 2.38. The number of unbranched alkanes of at least 4 members (excludes halogenated alkanes) is 2. The van der Waals surface area contributed by atoms with Crippen LogP contribution in [0.15, 0.2) is 12.2 Å². The molecule has 0 nitrogen and oxygen atoms in total. The summed E-state index contributed by atoms with van der Waals surface area (Å²) in [4.78, 5) is 0. The smallest absolute Gasteiger partial charge is 0.0314 e. The highest BCUT2D eigenvalue weighted by molar-refractivity contribution is 8.01. The van der Waals surface area contributed by atoms with Crippen LogP contribution in [0.2, 0.25) is 0 Å². The fraction of sp³-hybridized carbons (Fsp3) is 0.800. The second kappa shape index (κ2) is 4.20. The first-order chi connectivity index (χ1) is 5.27. The first-order valence-corrected chi connectivity index (χ1v) is 5.57. The molecule has 0 fully saturated rings. The van der Waals surface area contributed by atoms with Gasteiger partial charge < -0.3 is 0 Å². The van der Waals surface area contributed by atoms with Gasteiger partial charge in [-0.05, 0) is 13.3 Å². The molecule has 0 aromatic rings. The maximum Gasteiger partial charge on any atom is 0.0314 e. The van der Waals surface area contributed by atoms with E-state index in [0.29, 0.717) is 4.75 Å². The van der Waals surface area contributed by atoms with Crippen LogP contribution in [0.4, 0.5) is 0 Å². The third kappa shape index (κ3) is 2.90.